The van der Waals surface area contributed by atoms with Crippen molar-refractivity contribution in [1.29, 1.82) is 0 Å². The minimum absolute atomic E-state index is 0. The molecule has 144 valence electrons. The number of piperidine rings is 1. The van der Waals surface area contributed by atoms with Gasteiger partial charge in [-0.3, -0.25) is 10.1 Å². The largest absolute Gasteiger partial charge is 0.318 e. The minimum Gasteiger partial charge on any atom is -0.318 e. The van der Waals surface area contributed by atoms with E-state index in [1.807, 2.05) is 42.8 Å². The first-order valence-corrected chi connectivity index (χ1v) is 8.97. The van der Waals surface area contributed by atoms with E-state index in [0.29, 0.717) is 11.9 Å². The van der Waals surface area contributed by atoms with Crippen LogP contribution in [0.4, 0.5) is 5.95 Å². The van der Waals surface area contributed by atoms with E-state index in [0.717, 1.165) is 42.8 Å². The van der Waals surface area contributed by atoms with Gasteiger partial charge in [0.1, 0.15) is 6.04 Å². The fraction of sp³-hybridized carbons (Fsp3) is 0.444. The Morgan fingerprint density at radius 3 is 2.81 bits per heavy atom. The summed E-state index contributed by atoms with van der Waals surface area (Å²) < 4.78 is 3.52. The fourth-order valence-corrected chi connectivity index (χ4v) is 3.39. The molecule has 2 aromatic heterocycles. The molecule has 0 aliphatic carbocycles. The molecule has 1 fully saturated rings. The van der Waals surface area contributed by atoms with Crippen LogP contribution in [-0.4, -0.2) is 43.3 Å². The number of amides is 1. The van der Waals surface area contributed by atoms with Crippen LogP contribution in [0, 0.1) is 0 Å². The molecule has 1 amide bonds. The smallest absolute Gasteiger partial charge is 0.249 e. The first-order valence-electron chi connectivity index (χ1n) is 8.97. The fourth-order valence-electron chi connectivity index (χ4n) is 3.39. The number of hydrogen-bond acceptors (Lipinski definition) is 5. The van der Waals surface area contributed by atoms with Crippen molar-refractivity contribution in [2.24, 2.45) is 7.05 Å². The molecule has 1 aliphatic heterocycles. The molecule has 1 saturated heterocycles. The molecule has 9 heteroatoms. The van der Waals surface area contributed by atoms with Crippen molar-refractivity contribution >= 4 is 35.3 Å². The van der Waals surface area contributed by atoms with Crippen LogP contribution in [0.25, 0.3) is 11.0 Å². The zero-order chi connectivity index (χ0) is 18.1. The molecule has 1 atom stereocenters. The van der Waals surface area contributed by atoms with Crippen LogP contribution in [0.3, 0.4) is 0 Å². The number of aryl methyl sites for hydroxylation is 1. The first kappa shape index (κ1) is 19.3. The Bertz CT molecular complexity index is 929. The van der Waals surface area contributed by atoms with Crippen LogP contribution < -0.4 is 10.6 Å². The molecular formula is C18H24ClN7O. The van der Waals surface area contributed by atoms with E-state index in [4.69, 9.17) is 0 Å². The number of rotatable bonds is 4. The molecule has 27 heavy (non-hydrogen) atoms. The summed E-state index contributed by atoms with van der Waals surface area (Å²) in [4.78, 5) is 21.7. The highest BCUT2D eigenvalue weighted by atomic mass is 35.5. The number of imidazole rings is 1. The summed E-state index contributed by atoms with van der Waals surface area (Å²) in [6, 6.07) is 7.38. The van der Waals surface area contributed by atoms with Gasteiger partial charge < -0.3 is 9.88 Å². The molecular weight excluding hydrogens is 366 g/mol. The van der Waals surface area contributed by atoms with E-state index in [-0.39, 0.29) is 18.3 Å². The van der Waals surface area contributed by atoms with Crippen LogP contribution in [0.2, 0.25) is 0 Å². The van der Waals surface area contributed by atoms with E-state index >= 15 is 0 Å². The van der Waals surface area contributed by atoms with Crippen molar-refractivity contribution in [3.05, 3.63) is 36.4 Å². The molecule has 2 N–H and O–H groups in total. The van der Waals surface area contributed by atoms with Gasteiger partial charge in [0.25, 0.3) is 0 Å². The Hall–Kier alpha value is -2.45. The Labute approximate surface area is 163 Å². The quantitative estimate of drug-likeness (QED) is 0.714. The number of fused-ring (bicyclic) bond motifs is 1. The summed E-state index contributed by atoms with van der Waals surface area (Å²) in [5.74, 6) is 1.51. The van der Waals surface area contributed by atoms with E-state index in [1.165, 1.54) is 0 Å². The van der Waals surface area contributed by atoms with Crippen LogP contribution in [-0.2, 0) is 11.8 Å². The minimum atomic E-state index is -0.401. The maximum Gasteiger partial charge on any atom is 0.249 e. The number of carbonyl (C=O) groups excluding carboxylic acids is 1. The topological polar surface area (TPSA) is 89.7 Å². The van der Waals surface area contributed by atoms with Crippen molar-refractivity contribution in [2.45, 2.75) is 31.7 Å². The predicted octanol–water partition coefficient (Wildman–Crippen LogP) is 2.25. The maximum atomic E-state index is 12.7. The third-order valence-electron chi connectivity index (χ3n) is 5.00. The Kier molecular flexibility index (Phi) is 5.76. The van der Waals surface area contributed by atoms with Crippen molar-refractivity contribution in [2.75, 3.05) is 18.4 Å². The SMILES string of the molecule is CC(C(=O)Nc1nc(C2CCNCC2)nn1C)n1cnc2ccccc21.Cl. The Balaban J connectivity index is 0.00000210. The lowest BCUT2D eigenvalue weighted by atomic mass is 9.98. The number of carbonyl (C=O) groups is 1. The van der Waals surface area contributed by atoms with E-state index in [2.05, 4.69) is 25.7 Å². The van der Waals surface area contributed by atoms with Gasteiger partial charge in [0.2, 0.25) is 11.9 Å². The summed E-state index contributed by atoms with van der Waals surface area (Å²) in [6.45, 7) is 3.82. The number of anilines is 1. The van der Waals surface area contributed by atoms with Gasteiger partial charge in [-0.25, -0.2) is 9.67 Å². The maximum absolute atomic E-state index is 12.7. The van der Waals surface area contributed by atoms with Gasteiger partial charge in [-0.2, -0.15) is 10.1 Å². The predicted molar refractivity (Wildman–Crippen MR) is 106 cm³/mol. The van der Waals surface area contributed by atoms with E-state index < -0.39 is 6.04 Å². The molecule has 0 bridgehead atoms. The molecule has 3 heterocycles. The van der Waals surface area contributed by atoms with Gasteiger partial charge in [0.05, 0.1) is 17.4 Å². The Morgan fingerprint density at radius 1 is 1.30 bits per heavy atom. The second kappa shape index (κ2) is 8.06. The highest BCUT2D eigenvalue weighted by Gasteiger charge is 2.23. The van der Waals surface area contributed by atoms with E-state index in [9.17, 15) is 4.79 Å². The van der Waals surface area contributed by atoms with Gasteiger partial charge in [0.15, 0.2) is 5.82 Å². The summed E-state index contributed by atoms with van der Waals surface area (Å²) in [6.07, 6.45) is 3.75. The van der Waals surface area contributed by atoms with Gasteiger partial charge in [-0.05, 0) is 45.0 Å². The second-order valence-corrected chi connectivity index (χ2v) is 6.75. The molecule has 0 radical (unpaired) electrons. The number of aromatic nitrogens is 5. The van der Waals surface area contributed by atoms with Gasteiger partial charge in [-0.15, -0.1) is 12.4 Å². The molecule has 1 aromatic carbocycles. The summed E-state index contributed by atoms with van der Waals surface area (Å²) in [7, 11) is 1.81. The van der Waals surface area contributed by atoms with Gasteiger partial charge in [-0.1, -0.05) is 12.1 Å². The van der Waals surface area contributed by atoms with Gasteiger partial charge in [0, 0.05) is 13.0 Å². The van der Waals surface area contributed by atoms with Crippen LogP contribution in [0.15, 0.2) is 30.6 Å². The number of halogens is 1. The lowest BCUT2D eigenvalue weighted by molar-refractivity contribution is -0.118. The first-order chi connectivity index (χ1) is 12.6. The third-order valence-corrected chi connectivity index (χ3v) is 5.00. The average molecular weight is 390 g/mol. The lowest BCUT2D eigenvalue weighted by Crippen LogP contribution is -2.27. The monoisotopic (exact) mass is 389 g/mol. The summed E-state index contributed by atoms with van der Waals surface area (Å²) in [5.41, 5.74) is 1.81. The number of hydrogen-bond donors (Lipinski definition) is 2. The van der Waals surface area contributed by atoms with Crippen molar-refractivity contribution in [1.82, 2.24) is 29.6 Å². The molecule has 0 saturated carbocycles. The summed E-state index contributed by atoms with van der Waals surface area (Å²) >= 11 is 0. The summed E-state index contributed by atoms with van der Waals surface area (Å²) in [5, 5.41) is 10.8. The molecule has 8 nitrogen and oxygen atoms in total. The van der Waals surface area contributed by atoms with Gasteiger partial charge >= 0.3 is 0 Å². The molecule has 1 aliphatic rings. The average Bonchev–Trinajstić information content (AvgIpc) is 3.26. The highest BCUT2D eigenvalue weighted by Crippen LogP contribution is 2.24. The molecule has 0 spiro atoms. The lowest BCUT2D eigenvalue weighted by Gasteiger charge is -2.19. The van der Waals surface area contributed by atoms with Crippen molar-refractivity contribution in [3.63, 3.8) is 0 Å². The highest BCUT2D eigenvalue weighted by molar-refractivity contribution is 5.93. The van der Waals surface area contributed by atoms with Crippen molar-refractivity contribution in [3.8, 4) is 0 Å². The standard InChI is InChI=1S/C18H23N7O.ClH/c1-12(25-11-20-14-5-3-4-6-15(14)25)17(26)22-18-21-16(23-24(18)2)13-7-9-19-10-8-13;/h3-6,11-13,19H,7-10H2,1-2H3,(H,21,22,23,26);1H. The molecule has 3 aromatic rings. The zero-order valence-corrected chi connectivity index (χ0v) is 16.2. The van der Waals surface area contributed by atoms with E-state index in [1.54, 1.807) is 11.0 Å². The number of benzene rings is 1. The molecule has 4 rings (SSSR count). The number of para-hydroxylation sites is 2. The molecule has 1 unspecified atom stereocenters. The normalized spacial score (nSPS) is 16.1. The Morgan fingerprint density at radius 2 is 2.04 bits per heavy atom. The number of nitrogens with zero attached hydrogens (tertiary/aromatic N) is 5. The van der Waals surface area contributed by atoms with Crippen LogP contribution in [0.1, 0.15) is 37.5 Å². The van der Waals surface area contributed by atoms with Crippen molar-refractivity contribution < 1.29 is 4.79 Å². The zero-order valence-electron chi connectivity index (χ0n) is 15.4. The van der Waals surface area contributed by atoms with Crippen LogP contribution in [0.5, 0.6) is 0 Å². The van der Waals surface area contributed by atoms with Crippen LogP contribution >= 0.6 is 12.4 Å². The third kappa shape index (κ3) is 3.81. The number of nitrogens with one attached hydrogen (secondary N) is 2. The second-order valence-electron chi connectivity index (χ2n) is 6.75.